The summed E-state index contributed by atoms with van der Waals surface area (Å²) in [6.07, 6.45) is 0. The molecule has 0 N–H and O–H groups in total. The second kappa shape index (κ2) is 10.3. The molecule has 0 aromatic heterocycles. The van der Waals surface area contributed by atoms with E-state index in [1.54, 1.807) is 27.7 Å². The van der Waals surface area contributed by atoms with E-state index >= 15 is 0 Å². The number of rotatable bonds is 10. The van der Waals surface area contributed by atoms with Crippen LogP contribution in [0.4, 0.5) is 0 Å². The van der Waals surface area contributed by atoms with E-state index in [2.05, 4.69) is 20.1 Å². The van der Waals surface area contributed by atoms with Crippen molar-refractivity contribution in [2.45, 2.75) is 27.7 Å². The van der Waals surface area contributed by atoms with Gasteiger partial charge in [-0.15, -0.1) is 0 Å². The van der Waals surface area contributed by atoms with E-state index in [-0.39, 0.29) is 38.1 Å². The summed E-state index contributed by atoms with van der Waals surface area (Å²) in [7, 11) is 0. The van der Waals surface area contributed by atoms with E-state index in [0.717, 1.165) is 0 Å². The maximum Gasteiger partial charge on any atom is 0.308 e. The summed E-state index contributed by atoms with van der Waals surface area (Å²) in [5, 5.41) is 6.91. The van der Waals surface area contributed by atoms with E-state index in [4.69, 9.17) is 20.5 Å². The molecule has 0 heterocycles. The lowest BCUT2D eigenvalue weighted by Gasteiger charge is -2.30. The van der Waals surface area contributed by atoms with Crippen molar-refractivity contribution in [3.05, 3.63) is 20.9 Å². The summed E-state index contributed by atoms with van der Waals surface area (Å²) >= 11 is 0. The molecule has 0 atom stereocenters. The van der Waals surface area contributed by atoms with Gasteiger partial charge >= 0.3 is 11.9 Å². The molecule has 10 nitrogen and oxygen atoms in total. The molecule has 0 rings (SSSR count). The lowest BCUT2D eigenvalue weighted by Crippen LogP contribution is -2.40. The number of hydrogen-bond donors (Lipinski definition) is 0. The van der Waals surface area contributed by atoms with E-state index in [9.17, 15) is 9.59 Å². The quantitative estimate of drug-likeness (QED) is 0.262. The second-order valence-electron chi connectivity index (χ2n) is 5.80. The van der Waals surface area contributed by atoms with Crippen molar-refractivity contribution in [2.75, 3.05) is 26.3 Å². The second-order valence-corrected chi connectivity index (χ2v) is 5.80. The predicted molar refractivity (Wildman–Crippen MR) is 82.1 cm³/mol. The van der Waals surface area contributed by atoms with Crippen LogP contribution in [0.2, 0.25) is 0 Å². The Bertz CT molecular complexity index is 461. The van der Waals surface area contributed by atoms with Gasteiger partial charge in [-0.3, -0.25) is 9.59 Å². The molecule has 10 heteroatoms. The highest BCUT2D eigenvalue weighted by molar-refractivity contribution is 5.72. The number of ether oxygens (including phenoxy) is 2. The average Bonchev–Trinajstić information content (AvgIpc) is 2.52. The van der Waals surface area contributed by atoms with Gasteiger partial charge < -0.3 is 9.47 Å². The first kappa shape index (κ1) is 20.6. The maximum atomic E-state index is 11.6. The van der Waals surface area contributed by atoms with Crippen molar-refractivity contribution in [3.8, 4) is 0 Å². The highest BCUT2D eigenvalue weighted by Crippen LogP contribution is 2.22. The number of carbonyl (C=O) groups excluding carboxylic acids is 2. The van der Waals surface area contributed by atoms with Crippen LogP contribution < -0.4 is 0 Å². The van der Waals surface area contributed by atoms with Crippen molar-refractivity contribution in [3.63, 3.8) is 0 Å². The van der Waals surface area contributed by atoms with Gasteiger partial charge in [0.25, 0.3) is 0 Å². The number of azide groups is 2. The van der Waals surface area contributed by atoms with E-state index in [0.29, 0.717) is 0 Å². The fraction of sp³-hybridized carbons (Fsp3) is 0.846. The average molecular weight is 326 g/mol. The minimum Gasteiger partial charge on any atom is -0.465 e. The highest BCUT2D eigenvalue weighted by atomic mass is 16.5. The van der Waals surface area contributed by atoms with Crippen LogP contribution in [0.15, 0.2) is 10.2 Å². The van der Waals surface area contributed by atoms with Gasteiger partial charge in [-0.05, 0) is 11.1 Å². The molecular weight excluding hydrogens is 304 g/mol. The monoisotopic (exact) mass is 326 g/mol. The third-order valence-corrected chi connectivity index (χ3v) is 2.92. The molecule has 0 saturated heterocycles. The molecule has 0 aromatic carbocycles. The zero-order valence-electron chi connectivity index (χ0n) is 13.8. The summed E-state index contributed by atoms with van der Waals surface area (Å²) in [5.74, 6) is -1.59. The Kier molecular flexibility index (Phi) is 9.22. The molecule has 0 bridgehead atoms. The molecule has 0 aliphatic carbocycles. The van der Waals surface area contributed by atoms with Gasteiger partial charge in [0.2, 0.25) is 0 Å². The first-order valence-corrected chi connectivity index (χ1v) is 7.13. The largest absolute Gasteiger partial charge is 0.465 e. The van der Waals surface area contributed by atoms with Crippen LogP contribution in [-0.4, -0.2) is 38.2 Å². The van der Waals surface area contributed by atoms with Gasteiger partial charge in [0.15, 0.2) is 0 Å². The summed E-state index contributed by atoms with van der Waals surface area (Å²) in [4.78, 5) is 28.6. The Balaban J connectivity index is 5.21. The molecule has 0 aromatic rings. The minimum atomic E-state index is -1.09. The van der Waals surface area contributed by atoms with Gasteiger partial charge in [-0.2, -0.15) is 0 Å². The topological polar surface area (TPSA) is 150 Å². The molecule has 0 unspecified atom stereocenters. The fourth-order valence-corrected chi connectivity index (χ4v) is 1.42. The van der Waals surface area contributed by atoms with E-state index < -0.39 is 17.4 Å². The zero-order chi connectivity index (χ0) is 17.9. The fourth-order valence-electron chi connectivity index (χ4n) is 1.42. The number of nitrogens with zero attached hydrogens (tertiary/aromatic N) is 6. The highest BCUT2D eigenvalue weighted by Gasteiger charge is 2.33. The van der Waals surface area contributed by atoms with Crippen molar-refractivity contribution < 1.29 is 19.1 Å². The van der Waals surface area contributed by atoms with Crippen LogP contribution in [0, 0.1) is 17.3 Å². The lowest BCUT2D eigenvalue weighted by atomic mass is 9.90. The third-order valence-electron chi connectivity index (χ3n) is 2.92. The van der Waals surface area contributed by atoms with Crippen molar-refractivity contribution in [1.82, 2.24) is 0 Å². The molecule has 0 radical (unpaired) electrons. The van der Waals surface area contributed by atoms with Gasteiger partial charge in [0, 0.05) is 28.3 Å². The molecule has 0 saturated carbocycles. The smallest absolute Gasteiger partial charge is 0.308 e. The van der Waals surface area contributed by atoms with Crippen LogP contribution in [0.25, 0.3) is 20.9 Å². The molecule has 0 fully saturated rings. The lowest BCUT2D eigenvalue weighted by molar-refractivity contribution is -0.157. The Morgan fingerprint density at radius 2 is 1.26 bits per heavy atom. The molecule has 0 spiro atoms. The third kappa shape index (κ3) is 7.94. The van der Waals surface area contributed by atoms with Gasteiger partial charge in [0.05, 0.1) is 11.8 Å². The molecule has 23 heavy (non-hydrogen) atoms. The van der Waals surface area contributed by atoms with Gasteiger partial charge in [-0.25, -0.2) is 0 Å². The van der Waals surface area contributed by atoms with Gasteiger partial charge in [-0.1, -0.05) is 37.9 Å². The standard InChI is InChI=1S/C13H22N6O4/c1-9(2)11(20)22-7-13(5-16-18-14,6-17-19-15)8-23-12(21)10(3)4/h9-10H,5-8H2,1-4H3. The predicted octanol–water partition coefficient (Wildman–Crippen LogP) is 2.99. The van der Waals surface area contributed by atoms with Crippen LogP contribution in [0.1, 0.15) is 27.7 Å². The number of carbonyl (C=O) groups is 2. The first-order chi connectivity index (χ1) is 10.8. The summed E-state index contributed by atoms with van der Waals surface area (Å²) in [5.41, 5.74) is 16.0. The Morgan fingerprint density at radius 3 is 1.52 bits per heavy atom. The van der Waals surface area contributed by atoms with Crippen LogP contribution in [0.5, 0.6) is 0 Å². The minimum absolute atomic E-state index is 0.140. The van der Waals surface area contributed by atoms with Crippen molar-refractivity contribution in [2.24, 2.45) is 27.5 Å². The normalized spacial score (nSPS) is 10.7. The Morgan fingerprint density at radius 1 is 0.913 bits per heavy atom. The summed E-state index contributed by atoms with van der Waals surface area (Å²) in [6.45, 7) is 6.03. The molecule has 128 valence electrons. The molecule has 0 aliphatic rings. The van der Waals surface area contributed by atoms with Gasteiger partial charge in [0.1, 0.15) is 13.2 Å². The summed E-state index contributed by atoms with van der Waals surface area (Å²) < 4.78 is 10.3. The molecule has 0 aliphatic heterocycles. The first-order valence-electron chi connectivity index (χ1n) is 7.13. The Hall–Kier alpha value is -2.44. The SMILES string of the molecule is CC(C)C(=O)OCC(CN=[N+]=[N-])(CN=[N+]=[N-])COC(=O)C(C)C. The molecule has 0 amide bonds. The molecular formula is C13H22N6O4. The number of esters is 2. The summed E-state index contributed by atoms with van der Waals surface area (Å²) in [6, 6.07) is 0. The zero-order valence-corrected chi connectivity index (χ0v) is 13.8. The van der Waals surface area contributed by atoms with Crippen LogP contribution >= 0.6 is 0 Å². The maximum absolute atomic E-state index is 11.6. The van der Waals surface area contributed by atoms with E-state index in [1.165, 1.54) is 0 Å². The van der Waals surface area contributed by atoms with Crippen LogP contribution in [0.3, 0.4) is 0 Å². The van der Waals surface area contributed by atoms with E-state index in [1.807, 2.05) is 0 Å². The van der Waals surface area contributed by atoms with Crippen LogP contribution in [-0.2, 0) is 19.1 Å². The van der Waals surface area contributed by atoms with Crippen molar-refractivity contribution in [1.29, 1.82) is 0 Å². The van der Waals surface area contributed by atoms with Crippen molar-refractivity contribution >= 4 is 11.9 Å². The Labute approximate surface area is 134 Å². The number of hydrogen-bond acceptors (Lipinski definition) is 6.